The molecule has 1 heterocycles. The lowest BCUT2D eigenvalue weighted by Crippen LogP contribution is -2.22. The van der Waals surface area contributed by atoms with Gasteiger partial charge >= 0.3 is 0 Å². The van der Waals surface area contributed by atoms with Gasteiger partial charge in [0.2, 0.25) is 0 Å². The number of halogens is 2. The third kappa shape index (κ3) is 3.30. The first-order chi connectivity index (χ1) is 9.04. The third-order valence-electron chi connectivity index (χ3n) is 3.18. The van der Waals surface area contributed by atoms with Crippen molar-refractivity contribution in [1.82, 2.24) is 5.32 Å². The first-order valence-corrected chi connectivity index (χ1v) is 8.69. The molecule has 0 amide bonds. The highest BCUT2D eigenvalue weighted by Gasteiger charge is 2.20. The van der Waals surface area contributed by atoms with Crippen LogP contribution in [0.3, 0.4) is 0 Å². The molecular formula is C15H17Br2NS. The molecule has 1 atom stereocenters. The SMILES string of the molecule is CCNC(c1cc(Br)sc1C)c1cccc(C)c1Br. The van der Waals surface area contributed by atoms with Gasteiger partial charge in [-0.3, -0.25) is 0 Å². The lowest BCUT2D eigenvalue weighted by Gasteiger charge is -2.21. The Labute approximate surface area is 135 Å². The molecule has 1 nitrogen and oxygen atoms in total. The minimum atomic E-state index is 0.238. The second kappa shape index (κ2) is 6.53. The van der Waals surface area contributed by atoms with Crippen LogP contribution in [0.2, 0.25) is 0 Å². The van der Waals surface area contributed by atoms with Gasteiger partial charge in [0.25, 0.3) is 0 Å². The van der Waals surface area contributed by atoms with Gasteiger partial charge in [0.1, 0.15) is 0 Å². The summed E-state index contributed by atoms with van der Waals surface area (Å²) >= 11 is 9.11. The largest absolute Gasteiger partial charge is 0.306 e. The van der Waals surface area contributed by atoms with Crippen molar-refractivity contribution in [2.45, 2.75) is 26.8 Å². The molecule has 1 N–H and O–H groups in total. The summed E-state index contributed by atoms with van der Waals surface area (Å²) in [6.07, 6.45) is 0. The predicted molar refractivity (Wildman–Crippen MR) is 91.2 cm³/mol. The Morgan fingerprint density at radius 1 is 1.21 bits per heavy atom. The minimum absolute atomic E-state index is 0.238. The topological polar surface area (TPSA) is 12.0 Å². The highest BCUT2D eigenvalue weighted by Crippen LogP contribution is 2.36. The third-order valence-corrected chi connectivity index (χ3v) is 5.83. The van der Waals surface area contributed by atoms with Gasteiger partial charge in [-0.2, -0.15) is 0 Å². The first-order valence-electron chi connectivity index (χ1n) is 6.28. The highest BCUT2D eigenvalue weighted by atomic mass is 79.9. The van der Waals surface area contributed by atoms with E-state index in [0.717, 1.165) is 6.54 Å². The van der Waals surface area contributed by atoms with Crippen molar-refractivity contribution < 1.29 is 0 Å². The van der Waals surface area contributed by atoms with Gasteiger partial charge < -0.3 is 5.32 Å². The van der Waals surface area contributed by atoms with Crippen molar-refractivity contribution in [3.63, 3.8) is 0 Å². The zero-order valence-electron chi connectivity index (χ0n) is 11.3. The van der Waals surface area contributed by atoms with Crippen LogP contribution in [0.25, 0.3) is 0 Å². The van der Waals surface area contributed by atoms with Gasteiger partial charge in [-0.15, -0.1) is 11.3 Å². The molecule has 1 aromatic heterocycles. The molecule has 2 aromatic rings. The summed E-state index contributed by atoms with van der Waals surface area (Å²) in [7, 11) is 0. The fraction of sp³-hybridized carbons (Fsp3) is 0.333. The second-order valence-electron chi connectivity index (χ2n) is 4.53. The van der Waals surface area contributed by atoms with Crippen LogP contribution < -0.4 is 5.32 Å². The van der Waals surface area contributed by atoms with Gasteiger partial charge in [0, 0.05) is 9.35 Å². The maximum atomic E-state index is 3.73. The van der Waals surface area contributed by atoms with Crippen LogP contribution in [0.5, 0.6) is 0 Å². The van der Waals surface area contributed by atoms with Gasteiger partial charge in [-0.25, -0.2) is 0 Å². The number of benzene rings is 1. The molecular weight excluding hydrogens is 386 g/mol. The molecule has 0 radical (unpaired) electrons. The maximum absolute atomic E-state index is 3.73. The van der Waals surface area contributed by atoms with Crippen LogP contribution in [0.4, 0.5) is 0 Å². The molecule has 0 saturated heterocycles. The lowest BCUT2D eigenvalue weighted by atomic mass is 9.98. The Bertz CT molecular complexity index is 578. The van der Waals surface area contributed by atoms with E-state index in [1.807, 2.05) is 0 Å². The van der Waals surface area contributed by atoms with Gasteiger partial charge in [-0.05, 0) is 59.1 Å². The first kappa shape index (κ1) is 15.2. The number of hydrogen-bond acceptors (Lipinski definition) is 2. The molecule has 0 aliphatic rings. The molecule has 0 saturated carbocycles. The van der Waals surface area contributed by atoms with Crippen LogP contribution in [0.1, 0.15) is 34.5 Å². The molecule has 1 unspecified atom stereocenters. The monoisotopic (exact) mass is 401 g/mol. The van der Waals surface area contributed by atoms with Crippen LogP contribution in [0, 0.1) is 13.8 Å². The summed E-state index contributed by atoms with van der Waals surface area (Å²) in [6.45, 7) is 7.40. The van der Waals surface area contributed by atoms with Crippen molar-refractivity contribution in [3.05, 3.63) is 54.1 Å². The van der Waals surface area contributed by atoms with Crippen LogP contribution >= 0.6 is 43.2 Å². The molecule has 102 valence electrons. The zero-order valence-corrected chi connectivity index (χ0v) is 15.2. The highest BCUT2D eigenvalue weighted by molar-refractivity contribution is 9.11. The maximum Gasteiger partial charge on any atom is 0.0704 e. The minimum Gasteiger partial charge on any atom is -0.306 e. The van der Waals surface area contributed by atoms with E-state index >= 15 is 0 Å². The second-order valence-corrected chi connectivity index (χ2v) is 7.96. The number of thiophene rings is 1. The average molecular weight is 403 g/mol. The summed E-state index contributed by atoms with van der Waals surface area (Å²) in [4.78, 5) is 1.35. The van der Waals surface area contributed by atoms with E-state index in [4.69, 9.17) is 0 Å². The van der Waals surface area contributed by atoms with Gasteiger partial charge in [0.05, 0.1) is 9.83 Å². The smallest absolute Gasteiger partial charge is 0.0704 e. The molecule has 19 heavy (non-hydrogen) atoms. The molecule has 2 rings (SSSR count). The molecule has 0 fully saturated rings. The Kier molecular flexibility index (Phi) is 5.23. The Morgan fingerprint density at radius 3 is 2.53 bits per heavy atom. The van der Waals surface area contributed by atoms with Crippen molar-refractivity contribution in [2.24, 2.45) is 0 Å². The molecule has 0 aliphatic carbocycles. The summed E-state index contributed by atoms with van der Waals surface area (Å²) in [5.74, 6) is 0. The Hall–Kier alpha value is -0.160. The predicted octanol–water partition coefficient (Wildman–Crippen LogP) is 5.59. The molecule has 0 spiro atoms. The normalized spacial score (nSPS) is 12.7. The van der Waals surface area contributed by atoms with Crippen LogP contribution in [-0.4, -0.2) is 6.54 Å². The molecule has 0 aliphatic heterocycles. The molecule has 0 bridgehead atoms. The molecule has 4 heteroatoms. The molecule has 1 aromatic carbocycles. The standard InChI is InChI=1S/C15H17Br2NS/c1-4-18-15(12-8-13(16)19-10(12)3)11-7-5-6-9(2)14(11)17/h5-8,15,18H,4H2,1-3H3. The van der Waals surface area contributed by atoms with E-state index in [9.17, 15) is 0 Å². The van der Waals surface area contributed by atoms with Crippen molar-refractivity contribution in [1.29, 1.82) is 0 Å². The van der Waals surface area contributed by atoms with Crippen LogP contribution in [-0.2, 0) is 0 Å². The fourth-order valence-corrected chi connectivity index (χ4v) is 4.47. The quantitative estimate of drug-likeness (QED) is 0.702. The van der Waals surface area contributed by atoms with E-state index in [0.29, 0.717) is 0 Å². The summed E-state index contributed by atoms with van der Waals surface area (Å²) in [6, 6.07) is 8.91. The number of rotatable bonds is 4. The van der Waals surface area contributed by atoms with Crippen molar-refractivity contribution in [2.75, 3.05) is 6.54 Å². The zero-order chi connectivity index (χ0) is 14.0. The van der Waals surface area contributed by atoms with Crippen molar-refractivity contribution >= 4 is 43.2 Å². The van der Waals surface area contributed by atoms with Gasteiger partial charge in [-0.1, -0.05) is 41.1 Å². The summed E-state index contributed by atoms with van der Waals surface area (Å²) in [5, 5.41) is 3.59. The van der Waals surface area contributed by atoms with E-state index in [2.05, 4.69) is 82.2 Å². The van der Waals surface area contributed by atoms with E-state index in [1.54, 1.807) is 11.3 Å². The number of nitrogens with one attached hydrogen (secondary N) is 1. The van der Waals surface area contributed by atoms with E-state index in [1.165, 1.54) is 29.8 Å². The number of hydrogen-bond donors (Lipinski definition) is 1. The van der Waals surface area contributed by atoms with Crippen molar-refractivity contribution in [3.8, 4) is 0 Å². The average Bonchev–Trinajstić information content (AvgIpc) is 2.69. The fourth-order valence-electron chi connectivity index (χ4n) is 2.23. The summed E-state index contributed by atoms with van der Waals surface area (Å²) < 4.78 is 2.38. The van der Waals surface area contributed by atoms with E-state index in [-0.39, 0.29) is 6.04 Å². The van der Waals surface area contributed by atoms with Crippen LogP contribution in [0.15, 0.2) is 32.5 Å². The number of aryl methyl sites for hydroxylation is 2. The Balaban J connectivity index is 2.51. The van der Waals surface area contributed by atoms with E-state index < -0.39 is 0 Å². The Morgan fingerprint density at radius 2 is 1.95 bits per heavy atom. The summed E-state index contributed by atoms with van der Waals surface area (Å²) in [5.41, 5.74) is 3.92. The van der Waals surface area contributed by atoms with Gasteiger partial charge in [0.15, 0.2) is 0 Å². The lowest BCUT2D eigenvalue weighted by molar-refractivity contribution is 0.627.